The number of methoxy groups -OCH3 is 1. The van der Waals surface area contributed by atoms with Crippen molar-refractivity contribution in [3.63, 3.8) is 0 Å². The number of halogens is 3. The van der Waals surface area contributed by atoms with Crippen LogP contribution in [0.1, 0.15) is 13.3 Å². The van der Waals surface area contributed by atoms with Gasteiger partial charge in [0.25, 0.3) is 0 Å². The number of amides is 2. The number of rotatable bonds is 7. The van der Waals surface area contributed by atoms with Gasteiger partial charge in [0, 0.05) is 32.6 Å². The van der Waals surface area contributed by atoms with Crippen LogP contribution < -0.4 is 10.6 Å². The van der Waals surface area contributed by atoms with Crippen molar-refractivity contribution in [2.24, 2.45) is 0 Å². The number of nitrogens with zero attached hydrogens (tertiary/aromatic N) is 2. The maximum Gasteiger partial charge on any atom is 0.413 e. The standard InChI is InChI=1S/C12H19F3N4O2/c1-11(9-21-2,12(13,14)15)18-10(20)16-5-3-7-19-8-4-6-17-19/h4,6,8H,3,5,7,9H2,1-2H3,(H2,16,18,20). The highest BCUT2D eigenvalue weighted by atomic mass is 19.4. The van der Waals surface area contributed by atoms with Crippen molar-refractivity contribution in [2.75, 3.05) is 20.3 Å². The second kappa shape index (κ2) is 7.30. The summed E-state index contributed by atoms with van der Waals surface area (Å²) in [5.74, 6) is 0. The van der Waals surface area contributed by atoms with E-state index < -0.39 is 24.4 Å². The Hall–Kier alpha value is -1.77. The van der Waals surface area contributed by atoms with E-state index in [1.54, 1.807) is 23.1 Å². The van der Waals surface area contributed by atoms with E-state index in [1.165, 1.54) is 0 Å². The highest BCUT2D eigenvalue weighted by Gasteiger charge is 2.52. The Morgan fingerprint density at radius 2 is 2.14 bits per heavy atom. The molecule has 0 aliphatic carbocycles. The zero-order valence-electron chi connectivity index (χ0n) is 11.9. The topological polar surface area (TPSA) is 68.2 Å². The second-order valence-electron chi connectivity index (χ2n) is 4.77. The number of aromatic nitrogens is 2. The van der Waals surface area contributed by atoms with Gasteiger partial charge in [-0.25, -0.2) is 4.79 Å². The van der Waals surface area contributed by atoms with Crippen LogP contribution in [0.15, 0.2) is 18.5 Å². The van der Waals surface area contributed by atoms with Gasteiger partial charge < -0.3 is 15.4 Å². The third-order valence-corrected chi connectivity index (χ3v) is 2.86. The second-order valence-corrected chi connectivity index (χ2v) is 4.77. The molecule has 1 rings (SSSR count). The summed E-state index contributed by atoms with van der Waals surface area (Å²) in [5, 5.41) is 8.26. The lowest BCUT2D eigenvalue weighted by Crippen LogP contribution is -2.61. The van der Waals surface area contributed by atoms with Gasteiger partial charge in [0.15, 0.2) is 5.54 Å². The van der Waals surface area contributed by atoms with Crippen LogP contribution >= 0.6 is 0 Å². The molecule has 0 saturated carbocycles. The maximum atomic E-state index is 12.9. The van der Waals surface area contributed by atoms with Gasteiger partial charge >= 0.3 is 12.2 Å². The molecule has 0 saturated heterocycles. The number of alkyl halides is 3. The molecule has 0 spiro atoms. The molecular formula is C12H19F3N4O2. The molecule has 0 aromatic carbocycles. The van der Waals surface area contributed by atoms with Crippen LogP contribution in [-0.4, -0.2) is 47.8 Å². The number of nitrogens with one attached hydrogen (secondary N) is 2. The minimum absolute atomic E-state index is 0.243. The van der Waals surface area contributed by atoms with E-state index in [1.807, 2.05) is 5.32 Å². The first-order valence-electron chi connectivity index (χ1n) is 6.37. The molecule has 1 aromatic rings. The highest BCUT2D eigenvalue weighted by molar-refractivity contribution is 5.74. The molecule has 9 heteroatoms. The fraction of sp³-hybridized carbons (Fsp3) is 0.667. The zero-order chi connectivity index (χ0) is 15.9. The van der Waals surface area contributed by atoms with E-state index in [0.29, 0.717) is 13.0 Å². The minimum atomic E-state index is -4.60. The lowest BCUT2D eigenvalue weighted by molar-refractivity contribution is -0.199. The summed E-state index contributed by atoms with van der Waals surface area (Å²) in [6.07, 6.45) is -0.656. The van der Waals surface area contributed by atoms with Gasteiger partial charge in [-0.2, -0.15) is 18.3 Å². The number of hydrogen-bond acceptors (Lipinski definition) is 3. The van der Waals surface area contributed by atoms with E-state index in [0.717, 1.165) is 14.0 Å². The summed E-state index contributed by atoms with van der Waals surface area (Å²) in [5.41, 5.74) is -2.42. The average molecular weight is 308 g/mol. The molecule has 2 amide bonds. The first kappa shape index (κ1) is 17.3. The van der Waals surface area contributed by atoms with Crippen LogP contribution in [0.2, 0.25) is 0 Å². The van der Waals surface area contributed by atoms with Crippen LogP contribution in [-0.2, 0) is 11.3 Å². The number of aryl methyl sites for hydroxylation is 1. The summed E-state index contributed by atoms with van der Waals surface area (Å²) in [6.45, 7) is 1.03. The number of hydrogen-bond donors (Lipinski definition) is 2. The van der Waals surface area contributed by atoms with Gasteiger partial charge in [-0.3, -0.25) is 4.68 Å². The molecular weight excluding hydrogens is 289 g/mol. The predicted octanol–water partition coefficient (Wildman–Crippen LogP) is 1.54. The molecule has 0 aliphatic rings. The van der Waals surface area contributed by atoms with Gasteiger partial charge in [-0.05, 0) is 19.4 Å². The van der Waals surface area contributed by atoms with Crippen LogP contribution in [0.25, 0.3) is 0 Å². The average Bonchev–Trinajstić information content (AvgIpc) is 2.86. The fourth-order valence-electron chi connectivity index (χ4n) is 1.65. The maximum absolute atomic E-state index is 12.9. The summed E-state index contributed by atoms with van der Waals surface area (Å²) in [4.78, 5) is 11.5. The molecule has 1 atom stereocenters. The van der Waals surface area contributed by atoms with E-state index >= 15 is 0 Å². The number of urea groups is 1. The molecule has 1 unspecified atom stereocenters. The highest BCUT2D eigenvalue weighted by Crippen LogP contribution is 2.30. The van der Waals surface area contributed by atoms with E-state index in [9.17, 15) is 18.0 Å². The summed E-state index contributed by atoms with van der Waals surface area (Å²) >= 11 is 0. The van der Waals surface area contributed by atoms with Crippen LogP contribution in [0, 0.1) is 0 Å². The zero-order valence-corrected chi connectivity index (χ0v) is 11.9. The minimum Gasteiger partial charge on any atom is -0.382 e. The molecule has 0 aliphatic heterocycles. The molecule has 0 radical (unpaired) electrons. The van der Waals surface area contributed by atoms with Gasteiger partial charge in [0.2, 0.25) is 0 Å². The van der Waals surface area contributed by atoms with Gasteiger partial charge in [0.05, 0.1) is 6.61 Å². The molecule has 1 aromatic heterocycles. The number of carbonyl (C=O) groups excluding carboxylic acids is 1. The molecule has 1 heterocycles. The fourth-order valence-corrected chi connectivity index (χ4v) is 1.65. The Kier molecular flexibility index (Phi) is 6.01. The molecule has 6 nitrogen and oxygen atoms in total. The first-order valence-corrected chi connectivity index (χ1v) is 6.37. The van der Waals surface area contributed by atoms with Crippen molar-refractivity contribution in [1.82, 2.24) is 20.4 Å². The molecule has 120 valence electrons. The molecule has 2 N–H and O–H groups in total. The van der Waals surface area contributed by atoms with E-state index in [-0.39, 0.29) is 6.54 Å². The van der Waals surface area contributed by atoms with Gasteiger partial charge in [0.1, 0.15) is 0 Å². The van der Waals surface area contributed by atoms with E-state index in [4.69, 9.17) is 0 Å². The van der Waals surface area contributed by atoms with Crippen molar-refractivity contribution in [3.05, 3.63) is 18.5 Å². The van der Waals surface area contributed by atoms with Crippen LogP contribution in [0.3, 0.4) is 0 Å². The Morgan fingerprint density at radius 3 is 2.67 bits per heavy atom. The van der Waals surface area contributed by atoms with Crippen molar-refractivity contribution in [2.45, 2.75) is 31.6 Å². The summed E-state index contributed by atoms with van der Waals surface area (Å²) in [7, 11) is 1.15. The SMILES string of the molecule is COCC(C)(NC(=O)NCCCn1cccn1)C(F)(F)F. The third kappa shape index (κ3) is 5.25. The van der Waals surface area contributed by atoms with Crippen molar-refractivity contribution in [1.29, 1.82) is 0 Å². The van der Waals surface area contributed by atoms with Crippen molar-refractivity contribution >= 4 is 6.03 Å². The molecule has 0 bridgehead atoms. The predicted molar refractivity (Wildman–Crippen MR) is 69.7 cm³/mol. The van der Waals surface area contributed by atoms with Crippen molar-refractivity contribution < 1.29 is 22.7 Å². The normalized spacial score (nSPS) is 14.5. The number of carbonyl (C=O) groups is 1. The summed E-state index contributed by atoms with van der Waals surface area (Å²) in [6, 6.07) is 0.881. The lowest BCUT2D eigenvalue weighted by Gasteiger charge is -2.32. The largest absolute Gasteiger partial charge is 0.413 e. The third-order valence-electron chi connectivity index (χ3n) is 2.86. The monoisotopic (exact) mass is 308 g/mol. The van der Waals surface area contributed by atoms with Gasteiger partial charge in [-0.15, -0.1) is 0 Å². The Morgan fingerprint density at radius 1 is 1.43 bits per heavy atom. The quantitative estimate of drug-likeness (QED) is 0.751. The van der Waals surface area contributed by atoms with E-state index in [2.05, 4.69) is 15.2 Å². The Labute approximate surface area is 120 Å². The Balaban J connectivity index is 2.37. The Bertz CT molecular complexity index is 436. The van der Waals surface area contributed by atoms with Crippen LogP contribution in [0.4, 0.5) is 18.0 Å². The lowest BCUT2D eigenvalue weighted by atomic mass is 10.0. The first-order chi connectivity index (χ1) is 9.78. The van der Waals surface area contributed by atoms with Crippen molar-refractivity contribution in [3.8, 4) is 0 Å². The molecule has 0 fully saturated rings. The van der Waals surface area contributed by atoms with Gasteiger partial charge in [-0.1, -0.05) is 0 Å². The van der Waals surface area contributed by atoms with Crippen LogP contribution in [0.5, 0.6) is 0 Å². The molecule has 21 heavy (non-hydrogen) atoms. The smallest absolute Gasteiger partial charge is 0.382 e. The number of ether oxygens (including phenoxy) is 1. The summed E-state index contributed by atoms with van der Waals surface area (Å²) < 4.78 is 44.9.